The zero-order valence-corrected chi connectivity index (χ0v) is 11.4. The summed E-state index contributed by atoms with van der Waals surface area (Å²) in [5, 5.41) is 3.58. The van der Waals surface area contributed by atoms with Crippen LogP contribution < -0.4 is 5.32 Å². The summed E-state index contributed by atoms with van der Waals surface area (Å²) in [5.41, 5.74) is 0.174. The lowest BCUT2D eigenvalue weighted by atomic mass is 10.1. The highest BCUT2D eigenvalue weighted by Gasteiger charge is 2.41. The van der Waals surface area contributed by atoms with Crippen LogP contribution in [0, 0.1) is 11.2 Å². The molecule has 0 aliphatic heterocycles. The van der Waals surface area contributed by atoms with Gasteiger partial charge in [0.05, 0.1) is 10.6 Å². The van der Waals surface area contributed by atoms with Crippen LogP contribution in [0.15, 0.2) is 18.2 Å². The Hall–Kier alpha value is -0.610. The van der Waals surface area contributed by atoms with Gasteiger partial charge in [-0.25, -0.2) is 4.39 Å². The molecule has 1 N–H and O–H groups in total. The highest BCUT2D eigenvalue weighted by Crippen LogP contribution is 2.46. The summed E-state index contributed by atoms with van der Waals surface area (Å²) in [6.07, 6.45) is 2.19. The molecule has 1 aliphatic carbocycles. The van der Waals surface area contributed by atoms with Crippen molar-refractivity contribution in [1.29, 1.82) is 0 Å². The second-order valence-electron chi connectivity index (χ2n) is 4.42. The van der Waals surface area contributed by atoms with Crippen molar-refractivity contribution < 1.29 is 9.18 Å². The van der Waals surface area contributed by atoms with E-state index in [-0.39, 0.29) is 16.0 Å². The summed E-state index contributed by atoms with van der Waals surface area (Å²) >= 11 is 9.04. The van der Waals surface area contributed by atoms with Gasteiger partial charge in [0.1, 0.15) is 0 Å². The predicted octanol–water partition coefficient (Wildman–Crippen LogP) is 3.38. The molecule has 1 aromatic rings. The van der Waals surface area contributed by atoms with E-state index in [1.807, 2.05) is 0 Å². The van der Waals surface area contributed by atoms with Crippen molar-refractivity contribution in [3.63, 3.8) is 0 Å². The number of halogens is 3. The number of benzene rings is 1. The second-order valence-corrected chi connectivity index (χ2v) is 5.39. The average molecular weight is 321 g/mol. The van der Waals surface area contributed by atoms with Gasteiger partial charge in [-0.1, -0.05) is 33.6 Å². The Kier molecular flexibility index (Phi) is 3.73. The van der Waals surface area contributed by atoms with E-state index in [0.717, 1.165) is 18.2 Å². The number of hydrogen-bond donors (Lipinski definition) is 1. The van der Waals surface area contributed by atoms with Gasteiger partial charge in [-0.05, 0) is 30.4 Å². The molecule has 5 heteroatoms. The van der Waals surface area contributed by atoms with Crippen molar-refractivity contribution in [2.45, 2.75) is 12.8 Å². The van der Waals surface area contributed by atoms with Gasteiger partial charge in [-0.3, -0.25) is 4.79 Å². The van der Waals surface area contributed by atoms with E-state index in [2.05, 4.69) is 21.2 Å². The third kappa shape index (κ3) is 2.80. The van der Waals surface area contributed by atoms with Gasteiger partial charge in [-0.2, -0.15) is 0 Å². The van der Waals surface area contributed by atoms with Crippen molar-refractivity contribution in [3.05, 3.63) is 34.6 Å². The molecule has 1 amide bonds. The van der Waals surface area contributed by atoms with E-state index in [1.165, 1.54) is 12.1 Å². The van der Waals surface area contributed by atoms with Gasteiger partial charge in [0.25, 0.3) is 5.91 Å². The summed E-state index contributed by atoms with van der Waals surface area (Å²) in [5.74, 6) is -1.06. The van der Waals surface area contributed by atoms with Crippen LogP contribution in [0.4, 0.5) is 4.39 Å². The van der Waals surface area contributed by atoms with E-state index >= 15 is 0 Å². The lowest BCUT2D eigenvalue weighted by Gasteiger charge is -2.13. The van der Waals surface area contributed by atoms with Crippen LogP contribution in [0.1, 0.15) is 23.2 Å². The Morgan fingerprint density at radius 2 is 2.24 bits per heavy atom. The summed E-state index contributed by atoms with van der Waals surface area (Å²) in [6.45, 7) is 0.572. The van der Waals surface area contributed by atoms with Crippen molar-refractivity contribution in [1.82, 2.24) is 5.32 Å². The van der Waals surface area contributed by atoms with Crippen LogP contribution in [0.3, 0.4) is 0 Å². The van der Waals surface area contributed by atoms with Gasteiger partial charge in [0.15, 0.2) is 5.82 Å². The number of alkyl halides is 1. The molecule has 1 aromatic carbocycles. The zero-order valence-electron chi connectivity index (χ0n) is 9.10. The molecular weight excluding hydrogens is 308 g/mol. The summed E-state index contributed by atoms with van der Waals surface area (Å²) in [6, 6.07) is 4.43. The maximum atomic E-state index is 13.6. The average Bonchev–Trinajstić information content (AvgIpc) is 3.10. The molecule has 0 radical (unpaired) electrons. The van der Waals surface area contributed by atoms with Crippen LogP contribution in [0.2, 0.25) is 5.02 Å². The van der Waals surface area contributed by atoms with Crippen LogP contribution in [-0.2, 0) is 0 Å². The monoisotopic (exact) mass is 319 g/mol. The minimum atomic E-state index is -0.657. The van der Waals surface area contributed by atoms with Gasteiger partial charge in [-0.15, -0.1) is 0 Å². The molecule has 2 rings (SSSR count). The quantitative estimate of drug-likeness (QED) is 0.847. The Balaban J connectivity index is 2.02. The molecule has 2 nitrogen and oxygen atoms in total. The first-order valence-electron chi connectivity index (χ1n) is 5.36. The van der Waals surface area contributed by atoms with E-state index in [0.29, 0.717) is 6.54 Å². The van der Waals surface area contributed by atoms with Crippen LogP contribution >= 0.6 is 27.5 Å². The number of nitrogens with one attached hydrogen (secondary N) is 1. The van der Waals surface area contributed by atoms with E-state index in [1.54, 1.807) is 6.07 Å². The number of rotatable bonds is 4. The molecule has 0 saturated heterocycles. The second kappa shape index (κ2) is 4.94. The predicted molar refractivity (Wildman–Crippen MR) is 69.2 cm³/mol. The molecule has 0 unspecified atom stereocenters. The van der Waals surface area contributed by atoms with Gasteiger partial charge in [0, 0.05) is 11.9 Å². The highest BCUT2D eigenvalue weighted by atomic mass is 79.9. The fourth-order valence-corrected chi connectivity index (χ4v) is 2.51. The van der Waals surface area contributed by atoms with Crippen molar-refractivity contribution in [3.8, 4) is 0 Å². The maximum absolute atomic E-state index is 13.6. The Bertz CT molecular complexity index is 448. The molecule has 1 fully saturated rings. The summed E-state index contributed by atoms with van der Waals surface area (Å²) in [7, 11) is 0. The van der Waals surface area contributed by atoms with E-state index in [9.17, 15) is 9.18 Å². The van der Waals surface area contributed by atoms with Gasteiger partial charge in [0.2, 0.25) is 0 Å². The molecule has 0 spiro atoms. The normalized spacial score (nSPS) is 16.6. The standard InChI is InChI=1S/C12H12BrClFNO/c13-6-12(4-5-12)7-16-11(17)8-2-1-3-9(14)10(8)15/h1-3H,4-7H2,(H,16,17). The Labute approximate surface area is 113 Å². The summed E-state index contributed by atoms with van der Waals surface area (Å²) in [4.78, 5) is 11.8. The molecule has 0 heterocycles. The van der Waals surface area contributed by atoms with Crippen molar-refractivity contribution in [2.75, 3.05) is 11.9 Å². The zero-order chi connectivity index (χ0) is 12.5. The van der Waals surface area contributed by atoms with Gasteiger partial charge < -0.3 is 5.32 Å². The first-order chi connectivity index (χ1) is 8.08. The van der Waals surface area contributed by atoms with E-state index < -0.39 is 11.7 Å². The first kappa shape index (κ1) is 12.8. The first-order valence-corrected chi connectivity index (χ1v) is 6.86. The fourth-order valence-electron chi connectivity index (χ4n) is 1.58. The summed E-state index contributed by atoms with van der Waals surface area (Å²) < 4.78 is 13.6. The molecular formula is C12H12BrClFNO. The fraction of sp³-hybridized carbons (Fsp3) is 0.417. The lowest BCUT2D eigenvalue weighted by Crippen LogP contribution is -2.31. The molecule has 17 heavy (non-hydrogen) atoms. The Morgan fingerprint density at radius 1 is 1.53 bits per heavy atom. The number of carbonyl (C=O) groups excluding carboxylic acids is 1. The van der Waals surface area contributed by atoms with Crippen LogP contribution in [-0.4, -0.2) is 17.8 Å². The number of hydrogen-bond acceptors (Lipinski definition) is 1. The molecule has 0 atom stereocenters. The third-order valence-corrected chi connectivity index (χ3v) is 4.54. The largest absolute Gasteiger partial charge is 0.351 e. The highest BCUT2D eigenvalue weighted by molar-refractivity contribution is 9.09. The molecule has 1 saturated carbocycles. The lowest BCUT2D eigenvalue weighted by molar-refractivity contribution is 0.0942. The molecule has 92 valence electrons. The van der Waals surface area contributed by atoms with Gasteiger partial charge >= 0.3 is 0 Å². The minimum absolute atomic E-state index is 0.00266. The minimum Gasteiger partial charge on any atom is -0.351 e. The van der Waals surface area contributed by atoms with Crippen molar-refractivity contribution >= 4 is 33.4 Å². The molecule has 0 bridgehead atoms. The van der Waals surface area contributed by atoms with Crippen LogP contribution in [0.25, 0.3) is 0 Å². The third-order valence-electron chi connectivity index (χ3n) is 3.06. The molecule has 1 aliphatic rings. The molecule has 0 aromatic heterocycles. The Morgan fingerprint density at radius 3 is 2.82 bits per heavy atom. The van der Waals surface area contributed by atoms with Crippen molar-refractivity contribution in [2.24, 2.45) is 5.41 Å². The topological polar surface area (TPSA) is 29.1 Å². The number of amides is 1. The maximum Gasteiger partial charge on any atom is 0.254 e. The SMILES string of the molecule is O=C(NCC1(CBr)CC1)c1cccc(Cl)c1F. The smallest absolute Gasteiger partial charge is 0.254 e. The van der Waals surface area contributed by atoms with Crippen LogP contribution in [0.5, 0.6) is 0 Å². The van der Waals surface area contributed by atoms with E-state index in [4.69, 9.17) is 11.6 Å². The number of carbonyl (C=O) groups is 1.